The molecule has 0 aliphatic heterocycles. The van der Waals surface area contributed by atoms with Crippen LogP contribution in [-0.4, -0.2) is 4.98 Å². The standard InChI is InChI=1S/C12H10FIN2O/c1-7-11(3-2-4-16-7)17-12-5-8(13)9(14)6-10(12)15/h2-6H,15H2,1H3. The van der Waals surface area contributed by atoms with Crippen molar-refractivity contribution in [1.29, 1.82) is 0 Å². The van der Waals surface area contributed by atoms with Gasteiger partial charge in [-0.3, -0.25) is 4.98 Å². The van der Waals surface area contributed by atoms with Crippen LogP contribution in [0.3, 0.4) is 0 Å². The Morgan fingerprint density at radius 1 is 1.35 bits per heavy atom. The predicted octanol–water partition coefficient (Wildman–Crippen LogP) is 3.51. The van der Waals surface area contributed by atoms with E-state index in [4.69, 9.17) is 10.5 Å². The molecule has 0 atom stereocenters. The van der Waals surface area contributed by atoms with E-state index in [1.54, 1.807) is 18.3 Å². The smallest absolute Gasteiger partial charge is 0.153 e. The molecule has 0 saturated heterocycles. The first-order chi connectivity index (χ1) is 8.08. The number of anilines is 1. The summed E-state index contributed by atoms with van der Waals surface area (Å²) >= 11 is 1.88. The second-order valence-corrected chi connectivity index (χ2v) is 4.66. The average Bonchev–Trinajstić information content (AvgIpc) is 2.29. The molecule has 0 unspecified atom stereocenters. The highest BCUT2D eigenvalue weighted by Gasteiger charge is 2.09. The molecule has 0 aliphatic rings. The molecule has 17 heavy (non-hydrogen) atoms. The highest BCUT2D eigenvalue weighted by Crippen LogP contribution is 2.31. The summed E-state index contributed by atoms with van der Waals surface area (Å²) in [7, 11) is 0. The highest BCUT2D eigenvalue weighted by molar-refractivity contribution is 14.1. The van der Waals surface area contributed by atoms with Crippen molar-refractivity contribution in [1.82, 2.24) is 4.98 Å². The van der Waals surface area contributed by atoms with Crippen molar-refractivity contribution in [2.45, 2.75) is 6.92 Å². The van der Waals surface area contributed by atoms with Crippen molar-refractivity contribution in [2.75, 3.05) is 5.73 Å². The second-order valence-electron chi connectivity index (χ2n) is 3.49. The summed E-state index contributed by atoms with van der Waals surface area (Å²) in [5.74, 6) is 0.523. The SMILES string of the molecule is Cc1ncccc1Oc1cc(F)c(I)cc1N. The monoisotopic (exact) mass is 344 g/mol. The third-order valence-electron chi connectivity index (χ3n) is 2.23. The zero-order chi connectivity index (χ0) is 12.4. The van der Waals surface area contributed by atoms with Gasteiger partial charge in [-0.15, -0.1) is 0 Å². The maximum absolute atomic E-state index is 13.4. The molecular formula is C12H10FIN2O. The Morgan fingerprint density at radius 3 is 2.82 bits per heavy atom. The van der Waals surface area contributed by atoms with Crippen LogP contribution in [0.2, 0.25) is 0 Å². The lowest BCUT2D eigenvalue weighted by Gasteiger charge is -2.10. The number of ether oxygens (including phenoxy) is 1. The molecular weight excluding hydrogens is 334 g/mol. The minimum atomic E-state index is -0.351. The fraction of sp³-hybridized carbons (Fsp3) is 0.0833. The van der Waals surface area contributed by atoms with Gasteiger partial charge in [-0.1, -0.05) is 0 Å². The lowest BCUT2D eigenvalue weighted by molar-refractivity contribution is 0.472. The minimum Gasteiger partial charge on any atom is -0.453 e. The van der Waals surface area contributed by atoms with E-state index in [0.717, 1.165) is 5.69 Å². The van der Waals surface area contributed by atoms with Gasteiger partial charge in [0, 0.05) is 12.3 Å². The number of nitrogens with two attached hydrogens (primary N) is 1. The van der Waals surface area contributed by atoms with Gasteiger partial charge < -0.3 is 10.5 Å². The predicted molar refractivity (Wildman–Crippen MR) is 72.6 cm³/mol. The number of nitrogen functional groups attached to an aromatic ring is 1. The fourth-order valence-electron chi connectivity index (χ4n) is 1.33. The number of nitrogens with zero attached hydrogens (tertiary/aromatic N) is 1. The van der Waals surface area contributed by atoms with Crippen LogP contribution in [0.4, 0.5) is 10.1 Å². The second kappa shape index (κ2) is 4.87. The van der Waals surface area contributed by atoms with Crippen molar-refractivity contribution in [3.05, 3.63) is 45.5 Å². The van der Waals surface area contributed by atoms with Crippen molar-refractivity contribution in [2.24, 2.45) is 0 Å². The van der Waals surface area contributed by atoms with Crippen LogP contribution < -0.4 is 10.5 Å². The molecule has 0 bridgehead atoms. The summed E-state index contributed by atoms with van der Waals surface area (Å²) in [6.45, 7) is 1.81. The number of aromatic nitrogens is 1. The average molecular weight is 344 g/mol. The molecule has 2 rings (SSSR count). The Bertz CT molecular complexity index is 560. The van der Waals surface area contributed by atoms with Crippen LogP contribution >= 0.6 is 22.6 Å². The van der Waals surface area contributed by atoms with Crippen LogP contribution in [0, 0.1) is 16.3 Å². The largest absolute Gasteiger partial charge is 0.453 e. The first kappa shape index (κ1) is 12.1. The number of benzene rings is 1. The Hall–Kier alpha value is -1.37. The van der Waals surface area contributed by atoms with E-state index in [0.29, 0.717) is 20.8 Å². The van der Waals surface area contributed by atoms with Gasteiger partial charge in [0.2, 0.25) is 0 Å². The zero-order valence-electron chi connectivity index (χ0n) is 9.08. The number of pyridine rings is 1. The van der Waals surface area contributed by atoms with E-state index in [-0.39, 0.29) is 5.82 Å². The molecule has 0 fully saturated rings. The van der Waals surface area contributed by atoms with Crippen molar-refractivity contribution in [3.8, 4) is 11.5 Å². The highest BCUT2D eigenvalue weighted by atomic mass is 127. The summed E-state index contributed by atoms with van der Waals surface area (Å²) in [6.07, 6.45) is 1.67. The maximum Gasteiger partial charge on any atom is 0.153 e. The van der Waals surface area contributed by atoms with Gasteiger partial charge in [0.1, 0.15) is 11.6 Å². The fourth-order valence-corrected chi connectivity index (χ4v) is 1.82. The number of hydrogen-bond acceptors (Lipinski definition) is 3. The van der Waals surface area contributed by atoms with Gasteiger partial charge in [-0.05, 0) is 47.7 Å². The minimum absolute atomic E-state index is 0.305. The maximum atomic E-state index is 13.4. The Morgan fingerprint density at radius 2 is 2.12 bits per heavy atom. The summed E-state index contributed by atoms with van der Waals surface area (Å²) < 4.78 is 19.4. The van der Waals surface area contributed by atoms with Gasteiger partial charge >= 0.3 is 0 Å². The number of aryl methyl sites for hydroxylation is 1. The molecule has 1 heterocycles. The van der Waals surface area contributed by atoms with E-state index in [2.05, 4.69) is 4.98 Å². The van der Waals surface area contributed by atoms with Crippen molar-refractivity contribution >= 4 is 28.3 Å². The normalized spacial score (nSPS) is 10.3. The first-order valence-corrected chi connectivity index (χ1v) is 6.00. The molecule has 0 spiro atoms. The summed E-state index contributed by atoms with van der Waals surface area (Å²) in [5, 5.41) is 0. The van der Waals surface area contributed by atoms with Crippen LogP contribution in [0.15, 0.2) is 30.5 Å². The van der Waals surface area contributed by atoms with E-state index in [1.165, 1.54) is 12.1 Å². The van der Waals surface area contributed by atoms with Crippen molar-refractivity contribution in [3.63, 3.8) is 0 Å². The molecule has 1 aromatic heterocycles. The Balaban J connectivity index is 2.37. The quantitative estimate of drug-likeness (QED) is 0.670. The number of rotatable bonds is 2. The van der Waals surface area contributed by atoms with Gasteiger partial charge in [0.05, 0.1) is 15.0 Å². The molecule has 1 aromatic carbocycles. The van der Waals surface area contributed by atoms with Crippen LogP contribution in [0.1, 0.15) is 5.69 Å². The van der Waals surface area contributed by atoms with E-state index >= 15 is 0 Å². The van der Waals surface area contributed by atoms with Crippen molar-refractivity contribution < 1.29 is 9.13 Å². The molecule has 2 aromatic rings. The molecule has 0 saturated carbocycles. The van der Waals surface area contributed by atoms with E-state index < -0.39 is 0 Å². The molecule has 2 N–H and O–H groups in total. The topological polar surface area (TPSA) is 48.1 Å². The number of halogens is 2. The lowest BCUT2D eigenvalue weighted by atomic mass is 10.3. The zero-order valence-corrected chi connectivity index (χ0v) is 11.2. The summed E-state index contributed by atoms with van der Waals surface area (Å²) in [5.41, 5.74) is 6.90. The molecule has 5 heteroatoms. The third kappa shape index (κ3) is 2.66. The third-order valence-corrected chi connectivity index (χ3v) is 3.06. The molecule has 0 radical (unpaired) electrons. The first-order valence-electron chi connectivity index (χ1n) is 4.92. The molecule has 0 aliphatic carbocycles. The van der Waals surface area contributed by atoms with Gasteiger partial charge in [-0.25, -0.2) is 4.39 Å². The molecule has 0 amide bonds. The van der Waals surface area contributed by atoms with E-state index in [9.17, 15) is 4.39 Å². The van der Waals surface area contributed by atoms with Gasteiger partial charge in [-0.2, -0.15) is 0 Å². The van der Waals surface area contributed by atoms with E-state index in [1.807, 2.05) is 29.5 Å². The van der Waals surface area contributed by atoms with Crippen LogP contribution in [0.25, 0.3) is 0 Å². The molecule has 88 valence electrons. The van der Waals surface area contributed by atoms with Gasteiger partial charge in [0.25, 0.3) is 0 Å². The lowest BCUT2D eigenvalue weighted by Crippen LogP contribution is -1.96. The summed E-state index contributed by atoms with van der Waals surface area (Å²) in [4.78, 5) is 4.08. The number of hydrogen-bond donors (Lipinski definition) is 1. The van der Waals surface area contributed by atoms with Gasteiger partial charge in [0.15, 0.2) is 5.75 Å². The Labute approximate surface area is 112 Å². The summed E-state index contributed by atoms with van der Waals surface area (Å²) in [6, 6.07) is 6.33. The van der Waals surface area contributed by atoms with Crippen LogP contribution in [-0.2, 0) is 0 Å². The molecule has 3 nitrogen and oxygen atoms in total. The Kier molecular flexibility index (Phi) is 3.46. The van der Waals surface area contributed by atoms with Crippen LogP contribution in [0.5, 0.6) is 11.5 Å².